The van der Waals surface area contributed by atoms with Crippen molar-refractivity contribution >= 4 is 17.3 Å². The number of halogens is 1. The van der Waals surface area contributed by atoms with Crippen molar-refractivity contribution < 1.29 is 14.2 Å². The average Bonchev–Trinajstić information content (AvgIpc) is 2.53. The maximum absolute atomic E-state index is 6.01. The van der Waals surface area contributed by atoms with Crippen LogP contribution >= 0.6 is 11.6 Å². The number of rotatable bonds is 6. The molecule has 2 rings (SSSR count). The predicted molar refractivity (Wildman–Crippen MR) is 84.9 cm³/mol. The molecule has 0 aromatic heterocycles. The minimum Gasteiger partial charge on any atom is -0.497 e. The fourth-order valence-electron chi connectivity index (χ4n) is 1.94. The lowest BCUT2D eigenvalue weighted by Crippen LogP contribution is -2.01. The highest BCUT2D eigenvalue weighted by molar-refractivity contribution is 6.32. The van der Waals surface area contributed by atoms with Crippen molar-refractivity contribution in [2.24, 2.45) is 0 Å². The van der Waals surface area contributed by atoms with Gasteiger partial charge in [-0.05, 0) is 29.8 Å². The molecule has 0 amide bonds. The molecule has 0 atom stereocenters. The summed E-state index contributed by atoms with van der Waals surface area (Å²) < 4.78 is 15.7. The van der Waals surface area contributed by atoms with Crippen LogP contribution in [0.1, 0.15) is 5.56 Å². The van der Waals surface area contributed by atoms with E-state index in [0.717, 1.165) is 22.7 Å². The van der Waals surface area contributed by atoms with Crippen molar-refractivity contribution in [1.82, 2.24) is 0 Å². The maximum Gasteiger partial charge on any atom is 0.139 e. The minimum atomic E-state index is 0.589. The molecule has 112 valence electrons. The van der Waals surface area contributed by atoms with Crippen molar-refractivity contribution in [1.29, 1.82) is 0 Å². The Labute approximate surface area is 129 Å². The van der Waals surface area contributed by atoms with Gasteiger partial charge in [0, 0.05) is 24.4 Å². The Balaban J connectivity index is 2.12. The van der Waals surface area contributed by atoms with Gasteiger partial charge in [-0.25, -0.2) is 0 Å². The van der Waals surface area contributed by atoms with Crippen molar-refractivity contribution in [2.75, 3.05) is 26.6 Å². The largest absolute Gasteiger partial charge is 0.497 e. The van der Waals surface area contributed by atoms with Crippen LogP contribution in [0.25, 0.3) is 0 Å². The van der Waals surface area contributed by atoms with Gasteiger partial charge in [0.1, 0.15) is 17.2 Å². The third-order valence-corrected chi connectivity index (χ3v) is 3.37. The number of hydrogen-bond acceptors (Lipinski definition) is 4. The monoisotopic (exact) mass is 307 g/mol. The molecule has 2 aromatic carbocycles. The van der Waals surface area contributed by atoms with Crippen LogP contribution in [0.4, 0.5) is 5.69 Å². The Hall–Kier alpha value is -2.07. The van der Waals surface area contributed by atoms with E-state index in [4.69, 9.17) is 25.8 Å². The first-order valence-corrected chi connectivity index (χ1v) is 6.83. The number of hydrogen-bond donors (Lipinski definition) is 1. The van der Waals surface area contributed by atoms with Gasteiger partial charge >= 0.3 is 0 Å². The first kappa shape index (κ1) is 15.3. The molecular formula is C16H18ClNO3. The minimum absolute atomic E-state index is 0.589. The van der Waals surface area contributed by atoms with Crippen LogP contribution in [0.2, 0.25) is 5.02 Å². The summed E-state index contributed by atoms with van der Waals surface area (Å²) in [5.74, 6) is 2.17. The van der Waals surface area contributed by atoms with Gasteiger partial charge in [0.25, 0.3) is 0 Å². The number of nitrogens with one attached hydrogen (secondary N) is 1. The molecule has 0 aliphatic heterocycles. The van der Waals surface area contributed by atoms with Gasteiger partial charge in [0.05, 0.1) is 26.4 Å². The van der Waals surface area contributed by atoms with Gasteiger partial charge in [-0.3, -0.25) is 0 Å². The van der Waals surface area contributed by atoms with Gasteiger partial charge in [0.2, 0.25) is 0 Å². The highest BCUT2D eigenvalue weighted by Crippen LogP contribution is 2.28. The average molecular weight is 308 g/mol. The molecule has 0 aliphatic carbocycles. The zero-order valence-corrected chi connectivity index (χ0v) is 13.0. The van der Waals surface area contributed by atoms with Crippen LogP contribution < -0.4 is 19.5 Å². The van der Waals surface area contributed by atoms with Crippen molar-refractivity contribution in [2.45, 2.75) is 6.54 Å². The molecule has 0 spiro atoms. The third-order valence-electron chi connectivity index (χ3n) is 3.06. The second kappa shape index (κ2) is 7.09. The van der Waals surface area contributed by atoms with E-state index >= 15 is 0 Å². The lowest BCUT2D eigenvalue weighted by Gasteiger charge is -2.11. The topological polar surface area (TPSA) is 39.7 Å². The van der Waals surface area contributed by atoms with Crippen LogP contribution in [0.5, 0.6) is 17.2 Å². The summed E-state index contributed by atoms with van der Waals surface area (Å²) in [5.41, 5.74) is 1.98. The molecule has 5 heteroatoms. The van der Waals surface area contributed by atoms with E-state index in [0.29, 0.717) is 17.3 Å². The highest BCUT2D eigenvalue weighted by atomic mass is 35.5. The Morgan fingerprint density at radius 3 is 2.14 bits per heavy atom. The van der Waals surface area contributed by atoms with Crippen molar-refractivity contribution in [3.63, 3.8) is 0 Å². The predicted octanol–water partition coefficient (Wildman–Crippen LogP) is 3.98. The van der Waals surface area contributed by atoms with Crippen LogP contribution in [0.3, 0.4) is 0 Å². The molecule has 0 saturated heterocycles. The first-order chi connectivity index (χ1) is 10.2. The van der Waals surface area contributed by atoms with Crippen LogP contribution in [0.15, 0.2) is 36.4 Å². The summed E-state index contributed by atoms with van der Waals surface area (Å²) >= 11 is 6.01. The molecule has 0 fully saturated rings. The molecule has 21 heavy (non-hydrogen) atoms. The third kappa shape index (κ3) is 3.95. The number of anilines is 1. The van der Waals surface area contributed by atoms with E-state index in [1.54, 1.807) is 27.4 Å². The van der Waals surface area contributed by atoms with E-state index < -0.39 is 0 Å². The SMILES string of the molecule is COc1cc(CNc2ccc(Cl)c(OC)c2)cc(OC)c1. The van der Waals surface area contributed by atoms with Gasteiger partial charge in [-0.15, -0.1) is 0 Å². The molecule has 4 nitrogen and oxygen atoms in total. The second-order valence-electron chi connectivity index (χ2n) is 4.42. The molecule has 2 aromatic rings. The normalized spacial score (nSPS) is 10.1. The van der Waals surface area contributed by atoms with Crippen LogP contribution in [0, 0.1) is 0 Å². The van der Waals surface area contributed by atoms with Crippen molar-refractivity contribution in [3.8, 4) is 17.2 Å². The lowest BCUT2D eigenvalue weighted by atomic mass is 10.2. The second-order valence-corrected chi connectivity index (χ2v) is 4.83. The fraction of sp³-hybridized carbons (Fsp3) is 0.250. The first-order valence-electron chi connectivity index (χ1n) is 6.45. The summed E-state index contributed by atoms with van der Waals surface area (Å²) in [6, 6.07) is 11.3. The summed E-state index contributed by atoms with van der Waals surface area (Å²) in [5, 5.41) is 3.90. The highest BCUT2D eigenvalue weighted by Gasteiger charge is 2.04. The fourth-order valence-corrected chi connectivity index (χ4v) is 2.14. The number of benzene rings is 2. The van der Waals surface area contributed by atoms with Gasteiger partial charge in [-0.1, -0.05) is 11.6 Å². The van der Waals surface area contributed by atoms with Gasteiger partial charge < -0.3 is 19.5 Å². The van der Waals surface area contributed by atoms with E-state index in [-0.39, 0.29) is 0 Å². The zero-order valence-electron chi connectivity index (χ0n) is 12.3. The molecule has 0 heterocycles. The van der Waals surface area contributed by atoms with Crippen LogP contribution in [-0.2, 0) is 6.54 Å². The molecule has 0 radical (unpaired) electrons. The standard InChI is InChI=1S/C16H18ClNO3/c1-19-13-6-11(7-14(9-13)20-2)10-18-12-4-5-15(17)16(8-12)21-3/h4-9,18H,10H2,1-3H3. The lowest BCUT2D eigenvalue weighted by molar-refractivity contribution is 0.393. The summed E-state index contributed by atoms with van der Waals surface area (Å²) in [4.78, 5) is 0. The molecule has 0 unspecified atom stereocenters. The summed E-state index contributed by atoms with van der Waals surface area (Å²) in [6.07, 6.45) is 0. The molecule has 1 N–H and O–H groups in total. The van der Waals surface area contributed by atoms with E-state index in [1.807, 2.05) is 30.3 Å². The molecule has 0 bridgehead atoms. The summed E-state index contributed by atoms with van der Waals surface area (Å²) in [6.45, 7) is 0.637. The van der Waals surface area contributed by atoms with E-state index in [1.165, 1.54) is 0 Å². The molecular weight excluding hydrogens is 290 g/mol. The quantitative estimate of drug-likeness (QED) is 0.876. The Morgan fingerprint density at radius 2 is 1.57 bits per heavy atom. The summed E-state index contributed by atoms with van der Waals surface area (Å²) in [7, 11) is 4.87. The van der Waals surface area contributed by atoms with Gasteiger partial charge in [-0.2, -0.15) is 0 Å². The number of methoxy groups -OCH3 is 3. The van der Waals surface area contributed by atoms with Crippen LogP contribution in [-0.4, -0.2) is 21.3 Å². The Bertz CT molecular complexity index is 594. The molecule has 0 saturated carbocycles. The maximum atomic E-state index is 6.01. The van der Waals surface area contributed by atoms with E-state index in [2.05, 4.69) is 5.32 Å². The van der Waals surface area contributed by atoms with E-state index in [9.17, 15) is 0 Å². The Morgan fingerprint density at radius 1 is 0.905 bits per heavy atom. The number of ether oxygens (including phenoxy) is 3. The smallest absolute Gasteiger partial charge is 0.139 e. The van der Waals surface area contributed by atoms with Gasteiger partial charge in [0.15, 0.2) is 0 Å². The zero-order chi connectivity index (χ0) is 15.2. The Kier molecular flexibility index (Phi) is 5.17. The van der Waals surface area contributed by atoms with Crippen molar-refractivity contribution in [3.05, 3.63) is 47.0 Å². The molecule has 0 aliphatic rings.